The zero-order valence-electron chi connectivity index (χ0n) is 8.49. The van der Waals surface area contributed by atoms with E-state index in [1.54, 1.807) is 4.68 Å². The highest BCUT2D eigenvalue weighted by molar-refractivity contribution is 5.72. The van der Waals surface area contributed by atoms with Crippen LogP contribution in [-0.2, 0) is 23.0 Å². The van der Waals surface area contributed by atoms with Gasteiger partial charge in [0.25, 0.3) is 0 Å². The first-order valence-corrected chi connectivity index (χ1v) is 4.80. The molecule has 1 aliphatic rings. The minimum absolute atomic E-state index is 0.217. The maximum absolute atomic E-state index is 11.1. The van der Waals surface area contributed by atoms with Crippen LogP contribution in [0.5, 0.6) is 0 Å². The van der Waals surface area contributed by atoms with E-state index >= 15 is 0 Å². The average molecular weight is 194 g/mol. The summed E-state index contributed by atoms with van der Waals surface area (Å²) in [4.78, 5) is 11.1. The van der Waals surface area contributed by atoms with Crippen LogP contribution in [0.2, 0.25) is 0 Å². The van der Waals surface area contributed by atoms with E-state index in [1.165, 1.54) is 25.5 Å². The van der Waals surface area contributed by atoms with Gasteiger partial charge in [-0.25, -0.2) is 0 Å². The highest BCUT2D eigenvalue weighted by Crippen LogP contribution is 2.41. The summed E-state index contributed by atoms with van der Waals surface area (Å²) in [7, 11) is 3.29. The van der Waals surface area contributed by atoms with Gasteiger partial charge >= 0.3 is 5.97 Å². The van der Waals surface area contributed by atoms with Gasteiger partial charge < -0.3 is 4.74 Å². The predicted molar refractivity (Wildman–Crippen MR) is 50.9 cm³/mol. The van der Waals surface area contributed by atoms with Crippen LogP contribution in [0.4, 0.5) is 0 Å². The summed E-state index contributed by atoms with van der Waals surface area (Å²) in [6, 6.07) is 0. The fourth-order valence-electron chi connectivity index (χ4n) is 1.63. The molecule has 0 saturated heterocycles. The number of aryl methyl sites for hydroxylation is 1. The molecule has 0 atom stereocenters. The van der Waals surface area contributed by atoms with Crippen LogP contribution in [0.15, 0.2) is 6.20 Å². The zero-order valence-corrected chi connectivity index (χ0v) is 8.49. The molecule has 0 unspecified atom stereocenters. The molecule has 2 rings (SSSR count). The molecular weight excluding hydrogens is 180 g/mol. The Bertz CT molecular complexity index is 353. The predicted octanol–water partition coefficient (Wildman–Crippen LogP) is 1.01. The summed E-state index contributed by atoms with van der Waals surface area (Å²) in [6.45, 7) is 0. The van der Waals surface area contributed by atoms with Crippen molar-refractivity contribution in [1.29, 1.82) is 0 Å². The normalized spacial score (nSPS) is 15.6. The van der Waals surface area contributed by atoms with Crippen molar-refractivity contribution in [3.63, 3.8) is 0 Å². The van der Waals surface area contributed by atoms with Gasteiger partial charge in [0.05, 0.1) is 19.2 Å². The minimum atomic E-state index is -0.217. The van der Waals surface area contributed by atoms with Gasteiger partial charge in [-0.2, -0.15) is 5.10 Å². The summed E-state index contributed by atoms with van der Waals surface area (Å²) >= 11 is 0. The zero-order chi connectivity index (χ0) is 10.1. The van der Waals surface area contributed by atoms with E-state index in [2.05, 4.69) is 9.84 Å². The molecule has 1 aromatic rings. The van der Waals surface area contributed by atoms with Gasteiger partial charge in [0.2, 0.25) is 0 Å². The van der Waals surface area contributed by atoms with Crippen molar-refractivity contribution in [1.82, 2.24) is 9.78 Å². The van der Waals surface area contributed by atoms with Crippen LogP contribution in [0, 0.1) is 0 Å². The van der Waals surface area contributed by atoms with Gasteiger partial charge in [-0.1, -0.05) is 0 Å². The molecule has 0 spiro atoms. The molecule has 1 aromatic heterocycles. The van der Waals surface area contributed by atoms with E-state index in [0.717, 1.165) is 5.69 Å². The molecular formula is C10H14N2O2. The number of aromatic nitrogens is 2. The fourth-order valence-corrected chi connectivity index (χ4v) is 1.63. The van der Waals surface area contributed by atoms with Crippen LogP contribution in [-0.4, -0.2) is 22.9 Å². The minimum Gasteiger partial charge on any atom is -0.469 e. The molecule has 76 valence electrons. The monoisotopic (exact) mass is 194 g/mol. The third kappa shape index (κ3) is 1.78. The van der Waals surface area contributed by atoms with Crippen LogP contribution in [0.3, 0.4) is 0 Å². The third-order valence-electron chi connectivity index (χ3n) is 2.49. The summed E-state index contributed by atoms with van der Waals surface area (Å²) in [6.07, 6.45) is 4.75. The molecule has 1 fully saturated rings. The molecule has 0 aromatic carbocycles. The molecule has 0 bridgehead atoms. The van der Waals surface area contributed by atoms with Crippen LogP contribution in [0.1, 0.15) is 30.0 Å². The molecule has 0 radical (unpaired) electrons. The molecule has 0 aliphatic heterocycles. The lowest BCUT2D eigenvalue weighted by Gasteiger charge is -1.98. The molecule has 4 heteroatoms. The summed E-state index contributed by atoms with van der Waals surface area (Å²) < 4.78 is 6.40. The SMILES string of the molecule is COC(=O)Cc1nn(C)cc1C1CC1. The van der Waals surface area contributed by atoms with Crippen LogP contribution < -0.4 is 0 Å². The average Bonchev–Trinajstić information content (AvgIpc) is 2.92. The van der Waals surface area contributed by atoms with Crippen LogP contribution in [0.25, 0.3) is 0 Å². The summed E-state index contributed by atoms with van der Waals surface area (Å²) in [5.41, 5.74) is 2.10. The van der Waals surface area contributed by atoms with Gasteiger partial charge in [0, 0.05) is 13.2 Å². The van der Waals surface area contributed by atoms with Crippen molar-refractivity contribution in [2.75, 3.05) is 7.11 Å². The highest BCUT2D eigenvalue weighted by Gasteiger charge is 2.28. The van der Waals surface area contributed by atoms with E-state index in [9.17, 15) is 4.79 Å². The number of rotatable bonds is 3. The Morgan fingerprint density at radius 2 is 2.43 bits per heavy atom. The van der Waals surface area contributed by atoms with E-state index in [0.29, 0.717) is 12.3 Å². The van der Waals surface area contributed by atoms with Crippen molar-refractivity contribution in [3.8, 4) is 0 Å². The number of esters is 1. The topological polar surface area (TPSA) is 44.1 Å². The quantitative estimate of drug-likeness (QED) is 0.674. The standard InChI is InChI=1S/C10H14N2O2/c1-12-6-8(7-3-4-7)9(11-12)5-10(13)14-2/h6-7H,3-5H2,1-2H3. The number of nitrogens with zero attached hydrogens (tertiary/aromatic N) is 2. The Morgan fingerprint density at radius 1 is 1.71 bits per heavy atom. The van der Waals surface area contributed by atoms with Crippen molar-refractivity contribution in [2.24, 2.45) is 7.05 Å². The van der Waals surface area contributed by atoms with Crippen molar-refractivity contribution < 1.29 is 9.53 Å². The first-order chi connectivity index (χ1) is 6.70. The van der Waals surface area contributed by atoms with Gasteiger partial charge in [0.15, 0.2) is 0 Å². The van der Waals surface area contributed by atoms with Gasteiger partial charge in [0.1, 0.15) is 0 Å². The smallest absolute Gasteiger partial charge is 0.311 e. The Labute approximate surface area is 82.9 Å². The molecule has 1 saturated carbocycles. The second-order valence-corrected chi connectivity index (χ2v) is 3.73. The van der Waals surface area contributed by atoms with Gasteiger partial charge in [-0.15, -0.1) is 0 Å². The Kier molecular flexibility index (Phi) is 2.27. The van der Waals surface area contributed by atoms with Crippen LogP contribution >= 0.6 is 0 Å². The van der Waals surface area contributed by atoms with E-state index in [1.807, 2.05) is 13.2 Å². The van der Waals surface area contributed by atoms with Gasteiger partial charge in [-0.05, 0) is 24.3 Å². The lowest BCUT2D eigenvalue weighted by atomic mass is 10.1. The van der Waals surface area contributed by atoms with E-state index in [4.69, 9.17) is 0 Å². The van der Waals surface area contributed by atoms with Crippen molar-refractivity contribution in [2.45, 2.75) is 25.2 Å². The number of ether oxygens (including phenoxy) is 1. The molecule has 1 aliphatic carbocycles. The fraction of sp³-hybridized carbons (Fsp3) is 0.600. The lowest BCUT2D eigenvalue weighted by molar-refractivity contribution is -0.139. The molecule has 0 N–H and O–H groups in total. The summed E-state index contributed by atoms with van der Waals surface area (Å²) in [5, 5.41) is 4.28. The number of carbonyl (C=O) groups is 1. The molecule has 14 heavy (non-hydrogen) atoms. The van der Waals surface area contributed by atoms with E-state index in [-0.39, 0.29) is 5.97 Å². The Balaban J connectivity index is 2.18. The molecule has 1 heterocycles. The Hall–Kier alpha value is -1.32. The highest BCUT2D eigenvalue weighted by atomic mass is 16.5. The number of hydrogen-bond acceptors (Lipinski definition) is 3. The maximum atomic E-state index is 11.1. The van der Waals surface area contributed by atoms with Gasteiger partial charge in [-0.3, -0.25) is 9.48 Å². The molecule has 0 amide bonds. The lowest BCUT2D eigenvalue weighted by Crippen LogP contribution is -2.06. The first kappa shape index (κ1) is 9.24. The largest absolute Gasteiger partial charge is 0.469 e. The second kappa shape index (κ2) is 3.44. The number of methoxy groups -OCH3 is 1. The Morgan fingerprint density at radius 3 is 3.00 bits per heavy atom. The van der Waals surface area contributed by atoms with Crippen molar-refractivity contribution in [3.05, 3.63) is 17.5 Å². The van der Waals surface area contributed by atoms with E-state index < -0.39 is 0 Å². The first-order valence-electron chi connectivity index (χ1n) is 4.80. The maximum Gasteiger partial charge on any atom is 0.311 e. The number of hydrogen-bond donors (Lipinski definition) is 0. The second-order valence-electron chi connectivity index (χ2n) is 3.73. The van der Waals surface area contributed by atoms with Crippen molar-refractivity contribution >= 4 is 5.97 Å². The third-order valence-corrected chi connectivity index (χ3v) is 2.49. The molecule has 4 nitrogen and oxygen atoms in total. The number of carbonyl (C=O) groups excluding carboxylic acids is 1. The summed E-state index contributed by atoms with van der Waals surface area (Å²) in [5.74, 6) is 0.411.